The van der Waals surface area contributed by atoms with Gasteiger partial charge in [0, 0.05) is 18.5 Å². The van der Waals surface area contributed by atoms with Crippen LogP contribution in [-0.2, 0) is 0 Å². The predicted octanol–water partition coefficient (Wildman–Crippen LogP) is 1.79. The quantitative estimate of drug-likeness (QED) is 0.710. The molecule has 1 rings (SSSR count). The van der Waals surface area contributed by atoms with Crippen LogP contribution in [0.25, 0.3) is 0 Å². The summed E-state index contributed by atoms with van der Waals surface area (Å²) in [6, 6.07) is 7.71. The van der Waals surface area contributed by atoms with Crippen LogP contribution >= 0.6 is 0 Å². The third-order valence-corrected chi connectivity index (χ3v) is 1.94. The minimum atomic E-state index is 0.207. The van der Waals surface area contributed by atoms with Gasteiger partial charge in [0.2, 0.25) is 0 Å². The Bertz CT molecular complexity index is 294. The molecule has 0 aromatic heterocycles. The van der Waals surface area contributed by atoms with Gasteiger partial charge in [-0.15, -0.1) is 0 Å². The number of hydrogen-bond donors (Lipinski definition) is 1. The van der Waals surface area contributed by atoms with Gasteiger partial charge in [-0.05, 0) is 20.0 Å². The topological polar surface area (TPSA) is 29.1 Å². The van der Waals surface area contributed by atoms with Gasteiger partial charge in [-0.1, -0.05) is 23.8 Å². The van der Waals surface area contributed by atoms with Crippen molar-refractivity contribution in [2.24, 2.45) is 0 Å². The molecule has 0 aliphatic heterocycles. The molecule has 13 heavy (non-hydrogen) atoms. The van der Waals surface area contributed by atoms with Gasteiger partial charge in [0.15, 0.2) is 5.78 Å². The van der Waals surface area contributed by atoms with Crippen molar-refractivity contribution in [1.29, 1.82) is 0 Å². The summed E-state index contributed by atoms with van der Waals surface area (Å²) in [5.74, 6) is 0.207. The smallest absolute Gasteiger partial charge is 0.164 e. The number of Topliss-reactive ketones (excluding diaryl/α,β-unsaturated/α-hetero) is 1. The van der Waals surface area contributed by atoms with Gasteiger partial charge in [0.1, 0.15) is 0 Å². The zero-order valence-electron chi connectivity index (χ0n) is 8.13. The van der Waals surface area contributed by atoms with Crippen LogP contribution in [0.2, 0.25) is 0 Å². The van der Waals surface area contributed by atoms with E-state index in [4.69, 9.17) is 0 Å². The van der Waals surface area contributed by atoms with Crippen molar-refractivity contribution in [2.45, 2.75) is 13.3 Å². The number of hydrogen-bond acceptors (Lipinski definition) is 2. The number of ketones is 1. The molecule has 2 nitrogen and oxygen atoms in total. The summed E-state index contributed by atoms with van der Waals surface area (Å²) >= 11 is 0. The fourth-order valence-corrected chi connectivity index (χ4v) is 1.20. The van der Waals surface area contributed by atoms with E-state index in [2.05, 4.69) is 5.32 Å². The van der Waals surface area contributed by atoms with Gasteiger partial charge in [-0.3, -0.25) is 4.79 Å². The molecule has 0 unspecified atom stereocenters. The van der Waals surface area contributed by atoms with E-state index in [-0.39, 0.29) is 5.78 Å². The van der Waals surface area contributed by atoms with Crippen molar-refractivity contribution in [3.8, 4) is 0 Å². The van der Waals surface area contributed by atoms with Crippen molar-refractivity contribution in [3.05, 3.63) is 35.4 Å². The van der Waals surface area contributed by atoms with Crippen LogP contribution in [-0.4, -0.2) is 19.4 Å². The minimum absolute atomic E-state index is 0.207. The van der Waals surface area contributed by atoms with Crippen LogP contribution in [0, 0.1) is 6.92 Å². The fraction of sp³-hybridized carbons (Fsp3) is 0.364. The average Bonchev–Trinajstić information content (AvgIpc) is 2.14. The van der Waals surface area contributed by atoms with Gasteiger partial charge in [-0.2, -0.15) is 0 Å². The number of aryl methyl sites for hydroxylation is 1. The Morgan fingerprint density at radius 2 is 2.23 bits per heavy atom. The first-order valence-electron chi connectivity index (χ1n) is 4.48. The summed E-state index contributed by atoms with van der Waals surface area (Å²) in [6.45, 7) is 2.74. The largest absolute Gasteiger partial charge is 0.319 e. The molecule has 1 N–H and O–H groups in total. The molecule has 0 saturated carbocycles. The maximum Gasteiger partial charge on any atom is 0.164 e. The highest BCUT2D eigenvalue weighted by Crippen LogP contribution is 2.06. The Labute approximate surface area is 79.0 Å². The fourth-order valence-electron chi connectivity index (χ4n) is 1.20. The SMILES string of the molecule is CNCCC(=O)c1cccc(C)c1. The van der Waals surface area contributed by atoms with Crippen molar-refractivity contribution >= 4 is 5.78 Å². The highest BCUT2D eigenvalue weighted by Gasteiger charge is 2.03. The predicted molar refractivity (Wildman–Crippen MR) is 54.1 cm³/mol. The van der Waals surface area contributed by atoms with Crippen molar-refractivity contribution in [2.75, 3.05) is 13.6 Å². The van der Waals surface area contributed by atoms with E-state index in [0.29, 0.717) is 6.42 Å². The van der Waals surface area contributed by atoms with Gasteiger partial charge in [0.05, 0.1) is 0 Å². The first-order chi connectivity index (χ1) is 6.24. The second-order valence-corrected chi connectivity index (χ2v) is 3.15. The first kappa shape index (κ1) is 9.93. The standard InChI is InChI=1S/C11H15NO/c1-9-4-3-5-10(8-9)11(13)6-7-12-2/h3-5,8,12H,6-7H2,1-2H3. The Kier molecular flexibility index (Phi) is 3.65. The summed E-state index contributed by atoms with van der Waals surface area (Å²) in [7, 11) is 1.85. The van der Waals surface area contributed by atoms with E-state index in [0.717, 1.165) is 17.7 Å². The molecule has 0 saturated heterocycles. The molecule has 1 aromatic rings. The van der Waals surface area contributed by atoms with Crippen LogP contribution in [0.4, 0.5) is 0 Å². The van der Waals surface area contributed by atoms with E-state index in [1.807, 2.05) is 38.2 Å². The molecule has 0 bridgehead atoms. The molecule has 0 radical (unpaired) electrons. The van der Waals surface area contributed by atoms with E-state index in [1.165, 1.54) is 0 Å². The summed E-state index contributed by atoms with van der Waals surface area (Å²) in [5, 5.41) is 2.96. The molecule has 0 aliphatic carbocycles. The number of rotatable bonds is 4. The van der Waals surface area contributed by atoms with Crippen LogP contribution in [0.15, 0.2) is 24.3 Å². The molecule has 0 heterocycles. The molecule has 0 fully saturated rings. The Morgan fingerprint density at radius 1 is 1.46 bits per heavy atom. The van der Waals surface area contributed by atoms with Crippen LogP contribution in [0.5, 0.6) is 0 Å². The highest BCUT2D eigenvalue weighted by molar-refractivity contribution is 5.96. The zero-order valence-corrected chi connectivity index (χ0v) is 8.13. The first-order valence-corrected chi connectivity index (χ1v) is 4.48. The summed E-state index contributed by atoms with van der Waals surface area (Å²) in [5.41, 5.74) is 1.95. The van der Waals surface area contributed by atoms with E-state index in [1.54, 1.807) is 0 Å². The highest BCUT2D eigenvalue weighted by atomic mass is 16.1. The Hall–Kier alpha value is -1.15. The summed E-state index contributed by atoms with van der Waals surface area (Å²) < 4.78 is 0. The number of benzene rings is 1. The summed E-state index contributed by atoms with van der Waals surface area (Å²) in [6.07, 6.45) is 0.569. The molecule has 2 heteroatoms. The van der Waals surface area contributed by atoms with E-state index in [9.17, 15) is 4.79 Å². The van der Waals surface area contributed by atoms with Gasteiger partial charge >= 0.3 is 0 Å². The minimum Gasteiger partial charge on any atom is -0.319 e. The lowest BCUT2D eigenvalue weighted by Crippen LogP contribution is -2.13. The summed E-state index contributed by atoms with van der Waals surface area (Å²) in [4.78, 5) is 11.5. The average molecular weight is 177 g/mol. The number of nitrogens with one attached hydrogen (secondary N) is 1. The second-order valence-electron chi connectivity index (χ2n) is 3.15. The molecule has 0 spiro atoms. The van der Waals surface area contributed by atoms with Crippen LogP contribution < -0.4 is 5.32 Å². The van der Waals surface area contributed by atoms with Crippen molar-refractivity contribution in [1.82, 2.24) is 5.32 Å². The van der Waals surface area contributed by atoms with Gasteiger partial charge < -0.3 is 5.32 Å². The lowest BCUT2D eigenvalue weighted by molar-refractivity contribution is 0.0983. The lowest BCUT2D eigenvalue weighted by atomic mass is 10.1. The van der Waals surface area contributed by atoms with Crippen LogP contribution in [0.3, 0.4) is 0 Å². The Balaban J connectivity index is 2.66. The number of carbonyl (C=O) groups is 1. The Morgan fingerprint density at radius 3 is 2.85 bits per heavy atom. The monoisotopic (exact) mass is 177 g/mol. The molecule has 0 aliphatic rings. The third-order valence-electron chi connectivity index (χ3n) is 1.94. The lowest BCUT2D eigenvalue weighted by Gasteiger charge is -2.01. The molecule has 0 atom stereocenters. The maximum absolute atomic E-state index is 11.5. The molecular formula is C11H15NO. The van der Waals surface area contributed by atoms with Crippen molar-refractivity contribution in [3.63, 3.8) is 0 Å². The maximum atomic E-state index is 11.5. The number of carbonyl (C=O) groups excluding carboxylic acids is 1. The zero-order chi connectivity index (χ0) is 9.68. The molecule has 1 aromatic carbocycles. The molecule has 70 valence electrons. The second kappa shape index (κ2) is 4.77. The van der Waals surface area contributed by atoms with E-state index < -0.39 is 0 Å². The van der Waals surface area contributed by atoms with Gasteiger partial charge in [-0.25, -0.2) is 0 Å². The molecule has 0 amide bonds. The van der Waals surface area contributed by atoms with Gasteiger partial charge in [0.25, 0.3) is 0 Å². The molecular weight excluding hydrogens is 162 g/mol. The third kappa shape index (κ3) is 2.99. The normalized spacial score (nSPS) is 10.0. The van der Waals surface area contributed by atoms with Crippen molar-refractivity contribution < 1.29 is 4.79 Å². The van der Waals surface area contributed by atoms with E-state index >= 15 is 0 Å². The van der Waals surface area contributed by atoms with Crippen LogP contribution in [0.1, 0.15) is 22.3 Å².